The molecule has 0 N–H and O–H groups in total. The molecule has 0 aliphatic carbocycles. The second-order valence-corrected chi connectivity index (χ2v) is 13.3. The Kier molecular flexibility index (Phi) is 47.3. The van der Waals surface area contributed by atoms with Crippen molar-refractivity contribution in [1.29, 1.82) is 0 Å². The van der Waals surface area contributed by atoms with Crippen LogP contribution >= 0.6 is 0 Å². The summed E-state index contributed by atoms with van der Waals surface area (Å²) >= 11 is 0.230. The van der Waals surface area contributed by atoms with Gasteiger partial charge in [-0.05, 0) is 89.9 Å². The van der Waals surface area contributed by atoms with Crippen LogP contribution in [0, 0.1) is 0 Å². The molecule has 0 amide bonds. The summed E-state index contributed by atoms with van der Waals surface area (Å²) in [6.07, 6.45) is 46.1. The van der Waals surface area contributed by atoms with E-state index in [2.05, 4.69) is 96.6 Å². The van der Waals surface area contributed by atoms with Gasteiger partial charge >= 0.3 is 31.0 Å². The predicted octanol–water partition coefficient (Wildman–Crippen LogP) is 9.44. The van der Waals surface area contributed by atoms with Gasteiger partial charge in [0.05, 0.1) is 0 Å². The third kappa shape index (κ3) is 56.6. The second-order valence-electron chi connectivity index (χ2n) is 10.4. The molecule has 0 radical (unpaired) electrons. The van der Waals surface area contributed by atoms with Gasteiger partial charge in [-0.2, -0.15) is 0 Å². The predicted molar refractivity (Wildman–Crippen MR) is 186 cm³/mol. The van der Waals surface area contributed by atoms with Gasteiger partial charge in [0.15, 0.2) is 0 Å². The summed E-state index contributed by atoms with van der Waals surface area (Å²) in [5.41, 5.74) is 0. The molecule has 0 unspecified atom stereocenters. The Morgan fingerprint density at radius 3 is 1.00 bits per heavy atom. The molecule has 0 heterocycles. The van der Waals surface area contributed by atoms with Crippen LogP contribution in [0.3, 0.4) is 0 Å². The number of carbonyl (C=O) groups is 2. The molecule has 0 bridgehead atoms. The van der Waals surface area contributed by atoms with E-state index >= 15 is 0 Å². The van der Waals surface area contributed by atoms with Gasteiger partial charge < -0.3 is 19.8 Å². The van der Waals surface area contributed by atoms with Gasteiger partial charge in [-0.25, -0.2) is 0 Å². The molecular formula is C38H64O4Sn. The van der Waals surface area contributed by atoms with Crippen LogP contribution in [-0.2, 0) is 9.59 Å². The van der Waals surface area contributed by atoms with E-state index in [9.17, 15) is 19.8 Å². The van der Waals surface area contributed by atoms with Crippen LogP contribution in [0.1, 0.15) is 142 Å². The van der Waals surface area contributed by atoms with E-state index in [0.717, 1.165) is 89.9 Å². The van der Waals surface area contributed by atoms with E-state index in [4.69, 9.17) is 0 Å². The van der Waals surface area contributed by atoms with Crippen molar-refractivity contribution in [1.82, 2.24) is 0 Å². The van der Waals surface area contributed by atoms with Crippen molar-refractivity contribution in [2.75, 3.05) is 0 Å². The van der Waals surface area contributed by atoms with Gasteiger partial charge in [0.1, 0.15) is 0 Å². The van der Waals surface area contributed by atoms with Gasteiger partial charge in [0, 0.05) is 11.9 Å². The molecule has 0 aromatic heterocycles. The number of allylic oxidation sites excluding steroid dienone is 12. The molecular weight excluding hydrogens is 639 g/mol. The monoisotopic (exact) mass is 704 g/mol. The normalized spacial score (nSPS) is 11.4. The zero-order valence-electron chi connectivity index (χ0n) is 28.2. The molecule has 0 fully saturated rings. The molecule has 0 aliphatic rings. The number of rotatable bonds is 26. The Hall–Kier alpha value is -1.82. The topological polar surface area (TPSA) is 80.3 Å². The average molecular weight is 704 g/mol. The fourth-order valence-corrected chi connectivity index (χ4v) is 3.78. The zero-order valence-corrected chi connectivity index (χ0v) is 31.1. The number of carboxylic acid groups (broad SMARTS) is 2. The SMILES string of the molecule is CC/C=C\C/C=C\C/C=C\CCCCCCCC(=O)[O-].CC/C=C\C/C=C\C/C=C\CCCCCCCC(=O)[O-].[CH3][Sn+2][CH3]. The van der Waals surface area contributed by atoms with Crippen LogP contribution in [0.4, 0.5) is 0 Å². The minimum atomic E-state index is -0.925. The summed E-state index contributed by atoms with van der Waals surface area (Å²) in [5.74, 6) is -1.85. The Bertz CT molecular complexity index is 685. The van der Waals surface area contributed by atoms with Crippen molar-refractivity contribution in [3.8, 4) is 0 Å². The summed E-state index contributed by atoms with van der Waals surface area (Å²) in [5, 5.41) is 20.4. The molecule has 0 aromatic rings. The molecule has 0 aromatic carbocycles. The van der Waals surface area contributed by atoms with Gasteiger partial charge in [-0.1, -0.05) is 125 Å². The maximum atomic E-state index is 10.2. The first-order chi connectivity index (χ1) is 21.0. The summed E-state index contributed by atoms with van der Waals surface area (Å²) in [4.78, 5) is 25.0. The fourth-order valence-electron chi connectivity index (χ4n) is 3.78. The Morgan fingerprint density at radius 1 is 0.442 bits per heavy atom. The van der Waals surface area contributed by atoms with Crippen molar-refractivity contribution in [2.24, 2.45) is 0 Å². The van der Waals surface area contributed by atoms with Crippen LogP contribution in [0.25, 0.3) is 0 Å². The summed E-state index contributed by atoms with van der Waals surface area (Å²) in [6, 6.07) is 0. The van der Waals surface area contributed by atoms with E-state index < -0.39 is 11.9 Å². The van der Waals surface area contributed by atoms with Crippen LogP contribution < -0.4 is 10.2 Å². The van der Waals surface area contributed by atoms with Crippen molar-refractivity contribution < 1.29 is 19.8 Å². The van der Waals surface area contributed by atoms with Gasteiger partial charge in [0.2, 0.25) is 0 Å². The zero-order chi connectivity index (χ0) is 32.5. The Balaban J connectivity index is -0.000000681. The van der Waals surface area contributed by atoms with Crippen LogP contribution in [0.5, 0.6) is 0 Å². The van der Waals surface area contributed by atoms with Gasteiger partial charge in [-0.3, -0.25) is 0 Å². The summed E-state index contributed by atoms with van der Waals surface area (Å²) < 4.78 is 0. The van der Waals surface area contributed by atoms with Crippen molar-refractivity contribution in [3.05, 3.63) is 72.9 Å². The van der Waals surface area contributed by atoms with Gasteiger partial charge in [-0.15, -0.1) is 0 Å². The molecule has 0 atom stereocenters. The van der Waals surface area contributed by atoms with E-state index in [0.29, 0.717) is 0 Å². The first kappa shape index (κ1) is 45.6. The standard InChI is InChI=1S/2C18H30O2.2CH3.Sn/c2*1-2-3-4-5-6-7-8-9-10-11-12-13-14-15-16-17-18(19)20;;;/h2*3-4,6-7,9-10H,2,5,8,11-17H2,1H3,(H,19,20);2*1H3;/q;;;;+2/p-2/b2*4-3-,7-6-,10-9-;;;. The number of carboxylic acids is 2. The number of hydrogen-bond donors (Lipinski definition) is 0. The van der Waals surface area contributed by atoms with Crippen molar-refractivity contribution >= 4 is 33.1 Å². The molecule has 4 nitrogen and oxygen atoms in total. The first-order valence-corrected chi connectivity index (χ1v) is 22.5. The molecule has 0 spiro atoms. The van der Waals surface area contributed by atoms with E-state index in [1.54, 1.807) is 0 Å². The summed E-state index contributed by atoms with van der Waals surface area (Å²) in [6.45, 7) is 4.29. The van der Waals surface area contributed by atoms with E-state index in [1.165, 1.54) is 25.7 Å². The minimum absolute atomic E-state index is 0.208. The third-order valence-corrected chi connectivity index (χ3v) is 6.06. The molecule has 0 saturated carbocycles. The van der Waals surface area contributed by atoms with Crippen LogP contribution in [0.2, 0.25) is 9.88 Å². The van der Waals surface area contributed by atoms with Gasteiger partial charge in [0.25, 0.3) is 0 Å². The van der Waals surface area contributed by atoms with E-state index in [1.807, 2.05) is 0 Å². The Labute approximate surface area is 276 Å². The number of carbonyl (C=O) groups excluding carboxylic acids is 2. The Morgan fingerprint density at radius 2 is 0.698 bits per heavy atom. The molecule has 0 aliphatic heterocycles. The molecule has 0 rings (SSSR count). The molecule has 43 heavy (non-hydrogen) atoms. The molecule has 244 valence electrons. The molecule has 0 saturated heterocycles. The van der Waals surface area contributed by atoms with Crippen molar-refractivity contribution in [2.45, 2.75) is 152 Å². The average Bonchev–Trinajstić information content (AvgIpc) is 2.97. The fraction of sp³-hybridized carbons (Fsp3) is 0.632. The first-order valence-electron chi connectivity index (χ1n) is 16.8. The number of unbranched alkanes of at least 4 members (excludes halogenated alkanes) is 10. The molecule has 5 heteroatoms. The summed E-state index contributed by atoms with van der Waals surface area (Å²) in [7, 11) is 0. The quantitative estimate of drug-likeness (QED) is 0.0511. The van der Waals surface area contributed by atoms with Crippen LogP contribution in [0.15, 0.2) is 72.9 Å². The third-order valence-electron chi connectivity index (χ3n) is 6.06. The van der Waals surface area contributed by atoms with E-state index in [-0.39, 0.29) is 34.0 Å². The van der Waals surface area contributed by atoms with Crippen molar-refractivity contribution in [3.63, 3.8) is 0 Å². The van der Waals surface area contributed by atoms with Crippen LogP contribution in [-0.4, -0.2) is 33.1 Å². The second kappa shape index (κ2) is 44.6. The number of hydrogen-bond acceptors (Lipinski definition) is 4. The number of aliphatic carboxylic acids is 2. The maximum absolute atomic E-state index is 10.2.